The van der Waals surface area contributed by atoms with Crippen molar-refractivity contribution in [3.8, 4) is 0 Å². The molecule has 2 N–H and O–H groups in total. The molecule has 1 aromatic carbocycles. The topological polar surface area (TPSA) is 52.3 Å². The van der Waals surface area contributed by atoms with Crippen molar-refractivity contribution in [1.29, 1.82) is 0 Å². The molecule has 0 aliphatic rings. The van der Waals surface area contributed by atoms with Crippen LogP contribution in [-0.2, 0) is 9.53 Å². The minimum Gasteiger partial charge on any atom is -0.469 e. The van der Waals surface area contributed by atoms with E-state index in [-0.39, 0.29) is 11.8 Å². The van der Waals surface area contributed by atoms with Gasteiger partial charge in [0.25, 0.3) is 0 Å². The maximum absolute atomic E-state index is 13.0. The number of methoxy groups -OCH3 is 1. The molecule has 94 valence electrons. The average Bonchev–Trinajstić information content (AvgIpc) is 2.27. The Labute approximate surface area is 101 Å². The molecular formula is C13H18FNO2. The fraction of sp³-hybridized carbons (Fsp3) is 0.462. The summed E-state index contributed by atoms with van der Waals surface area (Å²) in [5, 5.41) is 0. The number of esters is 1. The molecule has 0 spiro atoms. The molecule has 0 radical (unpaired) electrons. The van der Waals surface area contributed by atoms with E-state index in [4.69, 9.17) is 10.5 Å². The number of benzene rings is 1. The number of hydrogen-bond donors (Lipinski definition) is 1. The van der Waals surface area contributed by atoms with Gasteiger partial charge in [-0.3, -0.25) is 4.79 Å². The summed E-state index contributed by atoms with van der Waals surface area (Å²) in [6.07, 6.45) is 0. The summed E-state index contributed by atoms with van der Waals surface area (Å²) in [6, 6.07) is 3.83. The molecule has 0 saturated heterocycles. The molecule has 0 unspecified atom stereocenters. The van der Waals surface area contributed by atoms with Crippen LogP contribution in [0.15, 0.2) is 18.2 Å². The van der Waals surface area contributed by atoms with Crippen LogP contribution < -0.4 is 5.73 Å². The summed E-state index contributed by atoms with van der Waals surface area (Å²) in [4.78, 5) is 11.7. The second kappa shape index (κ2) is 4.84. The highest BCUT2D eigenvalue weighted by molar-refractivity contribution is 5.77. The van der Waals surface area contributed by atoms with Gasteiger partial charge in [0.05, 0.1) is 12.5 Å². The van der Waals surface area contributed by atoms with E-state index in [2.05, 4.69) is 0 Å². The number of carbonyl (C=O) groups excluding carboxylic acids is 1. The third-order valence-electron chi connectivity index (χ3n) is 3.06. The predicted molar refractivity (Wildman–Crippen MR) is 63.9 cm³/mol. The van der Waals surface area contributed by atoms with Crippen LogP contribution in [0.4, 0.5) is 4.39 Å². The molecule has 1 rings (SSSR count). The molecule has 4 heteroatoms. The van der Waals surface area contributed by atoms with Gasteiger partial charge in [-0.1, -0.05) is 6.07 Å². The third kappa shape index (κ3) is 2.64. The van der Waals surface area contributed by atoms with Crippen LogP contribution in [0.25, 0.3) is 0 Å². The van der Waals surface area contributed by atoms with E-state index in [1.165, 1.54) is 19.2 Å². The average molecular weight is 239 g/mol. The van der Waals surface area contributed by atoms with Crippen LogP contribution in [-0.4, -0.2) is 13.1 Å². The zero-order valence-corrected chi connectivity index (χ0v) is 10.6. The van der Waals surface area contributed by atoms with Crippen molar-refractivity contribution >= 4 is 5.97 Å². The first-order chi connectivity index (χ1) is 7.80. The van der Waals surface area contributed by atoms with Gasteiger partial charge in [-0.25, -0.2) is 4.39 Å². The Kier molecular flexibility index (Phi) is 3.88. The predicted octanol–water partition coefficient (Wildman–Crippen LogP) is 2.33. The van der Waals surface area contributed by atoms with Crippen molar-refractivity contribution in [2.45, 2.75) is 26.8 Å². The smallest absolute Gasteiger partial charge is 0.313 e. The quantitative estimate of drug-likeness (QED) is 0.824. The van der Waals surface area contributed by atoms with Crippen molar-refractivity contribution in [3.05, 3.63) is 35.1 Å². The molecule has 0 bridgehead atoms. The second-order valence-corrected chi connectivity index (χ2v) is 4.69. The van der Waals surface area contributed by atoms with E-state index in [1.54, 1.807) is 26.8 Å². The zero-order chi connectivity index (χ0) is 13.2. The highest BCUT2D eigenvalue weighted by atomic mass is 19.1. The fourth-order valence-electron chi connectivity index (χ4n) is 1.77. The van der Waals surface area contributed by atoms with Crippen LogP contribution in [0.5, 0.6) is 0 Å². The highest BCUT2D eigenvalue weighted by Gasteiger charge is 2.37. The van der Waals surface area contributed by atoms with Crippen LogP contribution in [0.3, 0.4) is 0 Å². The van der Waals surface area contributed by atoms with Crippen LogP contribution in [0, 0.1) is 18.2 Å². The van der Waals surface area contributed by atoms with Gasteiger partial charge in [0.15, 0.2) is 0 Å². The van der Waals surface area contributed by atoms with Crippen molar-refractivity contribution in [2.24, 2.45) is 11.1 Å². The molecule has 1 aromatic rings. The maximum atomic E-state index is 13.0. The number of ether oxygens (including phenoxy) is 1. The second-order valence-electron chi connectivity index (χ2n) is 4.69. The molecule has 0 saturated carbocycles. The van der Waals surface area contributed by atoms with Gasteiger partial charge >= 0.3 is 5.97 Å². The van der Waals surface area contributed by atoms with Crippen molar-refractivity contribution < 1.29 is 13.9 Å². The van der Waals surface area contributed by atoms with Crippen LogP contribution >= 0.6 is 0 Å². The maximum Gasteiger partial charge on any atom is 0.313 e. The van der Waals surface area contributed by atoms with Crippen LogP contribution in [0.2, 0.25) is 0 Å². The molecule has 0 aliphatic carbocycles. The molecule has 0 aliphatic heterocycles. The molecule has 17 heavy (non-hydrogen) atoms. The lowest BCUT2D eigenvalue weighted by Gasteiger charge is -2.29. The van der Waals surface area contributed by atoms with Gasteiger partial charge in [0.1, 0.15) is 5.82 Å². The van der Waals surface area contributed by atoms with Gasteiger partial charge in [0.2, 0.25) is 0 Å². The van der Waals surface area contributed by atoms with E-state index in [0.717, 1.165) is 11.1 Å². The fourth-order valence-corrected chi connectivity index (χ4v) is 1.77. The lowest BCUT2D eigenvalue weighted by atomic mass is 9.80. The monoisotopic (exact) mass is 239 g/mol. The van der Waals surface area contributed by atoms with Crippen molar-refractivity contribution in [1.82, 2.24) is 0 Å². The minimum atomic E-state index is -0.850. The molecule has 0 amide bonds. The molecular weight excluding hydrogens is 221 g/mol. The Morgan fingerprint density at radius 3 is 2.53 bits per heavy atom. The first-order valence-corrected chi connectivity index (χ1v) is 5.40. The normalized spacial score (nSPS) is 13.3. The Morgan fingerprint density at radius 1 is 1.47 bits per heavy atom. The summed E-state index contributed by atoms with van der Waals surface area (Å²) in [5.74, 6) is -0.692. The Hall–Kier alpha value is -1.42. The Bertz CT molecular complexity index is 429. The molecule has 0 aromatic heterocycles. The number of rotatable bonds is 3. The third-order valence-corrected chi connectivity index (χ3v) is 3.06. The summed E-state index contributed by atoms with van der Waals surface area (Å²) < 4.78 is 17.7. The van der Waals surface area contributed by atoms with E-state index in [1.807, 2.05) is 0 Å². The number of nitrogens with two attached hydrogens (primary N) is 1. The number of carbonyl (C=O) groups is 1. The van der Waals surface area contributed by atoms with Crippen molar-refractivity contribution in [2.75, 3.05) is 7.11 Å². The molecule has 1 atom stereocenters. The summed E-state index contributed by atoms with van der Waals surface area (Å²) in [7, 11) is 1.33. The lowest BCUT2D eigenvalue weighted by molar-refractivity contribution is -0.152. The Balaban J connectivity index is 3.11. The van der Waals surface area contributed by atoms with Gasteiger partial charge in [-0.15, -0.1) is 0 Å². The van der Waals surface area contributed by atoms with E-state index in [0.29, 0.717) is 0 Å². The highest BCUT2D eigenvalue weighted by Crippen LogP contribution is 2.34. The lowest BCUT2D eigenvalue weighted by Crippen LogP contribution is -2.37. The summed E-state index contributed by atoms with van der Waals surface area (Å²) in [5.41, 5.74) is 6.71. The van der Waals surface area contributed by atoms with Gasteiger partial charge in [0, 0.05) is 6.04 Å². The minimum absolute atomic E-state index is 0.311. The SMILES string of the molecule is COC(=O)C(C)(C)[C@H](N)c1ccc(F)cc1C. The van der Waals surface area contributed by atoms with Crippen LogP contribution in [0.1, 0.15) is 31.0 Å². The number of aryl methyl sites for hydroxylation is 1. The first kappa shape index (κ1) is 13.6. The van der Waals surface area contributed by atoms with Gasteiger partial charge < -0.3 is 10.5 Å². The molecule has 0 heterocycles. The van der Waals surface area contributed by atoms with Gasteiger partial charge in [-0.2, -0.15) is 0 Å². The summed E-state index contributed by atoms with van der Waals surface area (Å²) >= 11 is 0. The zero-order valence-electron chi connectivity index (χ0n) is 10.6. The standard InChI is InChI=1S/C13H18FNO2/c1-8-7-9(14)5-6-10(8)11(15)13(2,3)12(16)17-4/h5-7,11H,15H2,1-4H3/t11-/m1/s1. The molecule has 3 nitrogen and oxygen atoms in total. The largest absolute Gasteiger partial charge is 0.469 e. The van der Waals surface area contributed by atoms with E-state index < -0.39 is 11.5 Å². The number of hydrogen-bond acceptors (Lipinski definition) is 3. The van der Waals surface area contributed by atoms with E-state index in [9.17, 15) is 9.18 Å². The Morgan fingerprint density at radius 2 is 2.06 bits per heavy atom. The van der Waals surface area contributed by atoms with Gasteiger partial charge in [-0.05, 0) is 44.0 Å². The number of halogens is 1. The van der Waals surface area contributed by atoms with Crippen molar-refractivity contribution in [3.63, 3.8) is 0 Å². The van der Waals surface area contributed by atoms with E-state index >= 15 is 0 Å². The molecule has 0 fully saturated rings. The first-order valence-electron chi connectivity index (χ1n) is 5.40. The summed E-state index contributed by atoms with van der Waals surface area (Å²) in [6.45, 7) is 5.20.